The molecule has 9 heavy (non-hydrogen) atoms. The van der Waals surface area contributed by atoms with Gasteiger partial charge in [-0.2, -0.15) is 0 Å². The number of nitrogens with zero attached hydrogens (tertiary/aromatic N) is 2. The van der Waals surface area contributed by atoms with Crippen LogP contribution in [0.25, 0.3) is 6.20 Å². The molecule has 0 fully saturated rings. The van der Waals surface area contributed by atoms with Crippen LogP contribution in [0, 0.1) is 0 Å². The van der Waals surface area contributed by atoms with Gasteiger partial charge in [-0.05, 0) is 12.8 Å². The molecule has 46 valence electrons. The summed E-state index contributed by atoms with van der Waals surface area (Å²) in [6, 6.07) is 0. The van der Waals surface area contributed by atoms with E-state index >= 15 is 0 Å². The Labute approximate surface area is 53.8 Å². The standard InChI is InChI=1S/C7H8N2/c1-2-4-9-6-8-5-7(9)3-1/h2,4-6H,1,3H2. The molecule has 1 aliphatic rings. The minimum Gasteiger partial charge on any atom is -0.310 e. The molecule has 0 amide bonds. The van der Waals surface area contributed by atoms with E-state index in [0.29, 0.717) is 0 Å². The molecule has 0 unspecified atom stereocenters. The lowest BCUT2D eigenvalue weighted by atomic mass is 10.2. The minimum atomic E-state index is 1.14. The predicted octanol–water partition coefficient (Wildman–Crippen LogP) is 1.30. The molecule has 2 nitrogen and oxygen atoms in total. The molecule has 0 radical (unpaired) electrons. The van der Waals surface area contributed by atoms with E-state index in [1.165, 1.54) is 5.69 Å². The van der Waals surface area contributed by atoms with E-state index in [2.05, 4.69) is 21.8 Å². The van der Waals surface area contributed by atoms with Crippen molar-refractivity contribution in [2.75, 3.05) is 0 Å². The van der Waals surface area contributed by atoms with Crippen molar-refractivity contribution in [2.24, 2.45) is 0 Å². The van der Waals surface area contributed by atoms with Crippen molar-refractivity contribution in [1.29, 1.82) is 0 Å². The lowest BCUT2D eigenvalue weighted by molar-refractivity contribution is 0.877. The number of aromatic nitrogens is 2. The average molecular weight is 120 g/mol. The first-order chi connectivity index (χ1) is 4.47. The van der Waals surface area contributed by atoms with Gasteiger partial charge in [-0.15, -0.1) is 0 Å². The SMILES string of the molecule is C1=Cn2cncc2CC1. The monoisotopic (exact) mass is 120 g/mol. The van der Waals surface area contributed by atoms with Crippen molar-refractivity contribution in [3.63, 3.8) is 0 Å². The van der Waals surface area contributed by atoms with Gasteiger partial charge in [-0.3, -0.25) is 0 Å². The lowest BCUT2D eigenvalue weighted by Gasteiger charge is -2.04. The van der Waals surface area contributed by atoms with Crippen molar-refractivity contribution >= 4 is 6.20 Å². The molecular formula is C7H8N2. The van der Waals surface area contributed by atoms with Gasteiger partial charge in [-0.25, -0.2) is 4.98 Å². The largest absolute Gasteiger partial charge is 0.310 e. The second-order valence-electron chi connectivity index (χ2n) is 2.22. The first-order valence-corrected chi connectivity index (χ1v) is 3.14. The second-order valence-corrected chi connectivity index (χ2v) is 2.22. The zero-order valence-electron chi connectivity index (χ0n) is 5.12. The van der Waals surface area contributed by atoms with Gasteiger partial charge in [-0.1, -0.05) is 6.08 Å². The Bertz CT molecular complexity index is 235. The van der Waals surface area contributed by atoms with Crippen LogP contribution in [0.15, 0.2) is 18.6 Å². The number of hydrogen-bond acceptors (Lipinski definition) is 1. The Morgan fingerprint density at radius 2 is 2.56 bits per heavy atom. The van der Waals surface area contributed by atoms with E-state index < -0.39 is 0 Å². The van der Waals surface area contributed by atoms with Crippen LogP contribution in [0.5, 0.6) is 0 Å². The zero-order chi connectivity index (χ0) is 6.10. The van der Waals surface area contributed by atoms with Gasteiger partial charge in [0.25, 0.3) is 0 Å². The fourth-order valence-corrected chi connectivity index (χ4v) is 1.08. The van der Waals surface area contributed by atoms with Crippen molar-refractivity contribution in [3.8, 4) is 0 Å². The van der Waals surface area contributed by atoms with E-state index in [0.717, 1.165) is 12.8 Å². The molecule has 1 aromatic heterocycles. The predicted molar refractivity (Wildman–Crippen MR) is 35.9 cm³/mol. The Balaban J connectivity index is 2.53. The topological polar surface area (TPSA) is 17.8 Å². The highest BCUT2D eigenvalue weighted by Crippen LogP contribution is 2.09. The first-order valence-electron chi connectivity index (χ1n) is 3.14. The molecule has 0 saturated carbocycles. The van der Waals surface area contributed by atoms with E-state index in [-0.39, 0.29) is 0 Å². The maximum absolute atomic E-state index is 4.02. The highest BCUT2D eigenvalue weighted by atomic mass is 15.0. The lowest BCUT2D eigenvalue weighted by Crippen LogP contribution is -1.97. The Morgan fingerprint density at radius 1 is 1.56 bits per heavy atom. The van der Waals surface area contributed by atoms with Crippen LogP contribution in [0.3, 0.4) is 0 Å². The number of aryl methyl sites for hydroxylation is 1. The van der Waals surface area contributed by atoms with Gasteiger partial charge in [0.05, 0.1) is 6.33 Å². The van der Waals surface area contributed by atoms with Gasteiger partial charge in [0.2, 0.25) is 0 Å². The van der Waals surface area contributed by atoms with Gasteiger partial charge >= 0.3 is 0 Å². The van der Waals surface area contributed by atoms with Gasteiger partial charge < -0.3 is 4.57 Å². The molecule has 0 aliphatic carbocycles. The average Bonchev–Trinajstić information content (AvgIpc) is 2.33. The normalized spacial score (nSPS) is 15.6. The highest BCUT2D eigenvalue weighted by Gasteiger charge is 2.00. The summed E-state index contributed by atoms with van der Waals surface area (Å²) in [4.78, 5) is 4.02. The van der Waals surface area contributed by atoms with Crippen LogP contribution in [0.4, 0.5) is 0 Å². The van der Waals surface area contributed by atoms with Gasteiger partial charge in [0.1, 0.15) is 0 Å². The van der Waals surface area contributed by atoms with E-state index in [9.17, 15) is 0 Å². The summed E-state index contributed by atoms with van der Waals surface area (Å²) in [5.74, 6) is 0. The van der Waals surface area contributed by atoms with E-state index in [1.807, 2.05) is 12.5 Å². The number of hydrogen-bond donors (Lipinski definition) is 0. The molecule has 0 aromatic carbocycles. The minimum absolute atomic E-state index is 1.14. The van der Waals surface area contributed by atoms with E-state index in [4.69, 9.17) is 0 Å². The third-order valence-corrected chi connectivity index (χ3v) is 1.58. The molecule has 0 atom stereocenters. The number of imidazole rings is 1. The third-order valence-electron chi connectivity index (χ3n) is 1.58. The fourth-order valence-electron chi connectivity index (χ4n) is 1.08. The van der Waals surface area contributed by atoms with Gasteiger partial charge in [0.15, 0.2) is 0 Å². The van der Waals surface area contributed by atoms with Crippen molar-refractivity contribution in [1.82, 2.24) is 9.55 Å². The number of rotatable bonds is 0. The first kappa shape index (κ1) is 4.79. The maximum atomic E-state index is 4.02. The molecule has 2 heterocycles. The molecule has 1 aliphatic heterocycles. The second kappa shape index (κ2) is 1.72. The van der Waals surface area contributed by atoms with Crippen molar-refractivity contribution in [2.45, 2.75) is 12.8 Å². The van der Waals surface area contributed by atoms with Crippen LogP contribution >= 0.6 is 0 Å². The van der Waals surface area contributed by atoms with Crippen LogP contribution in [0.2, 0.25) is 0 Å². The van der Waals surface area contributed by atoms with Gasteiger partial charge in [0, 0.05) is 18.1 Å². The van der Waals surface area contributed by atoms with Crippen LogP contribution in [-0.4, -0.2) is 9.55 Å². The summed E-state index contributed by atoms with van der Waals surface area (Å²) >= 11 is 0. The summed E-state index contributed by atoms with van der Waals surface area (Å²) in [7, 11) is 0. The molecule has 0 saturated heterocycles. The molecule has 2 rings (SSSR count). The molecule has 1 aromatic rings. The van der Waals surface area contributed by atoms with E-state index in [1.54, 1.807) is 0 Å². The Kier molecular flexibility index (Phi) is 0.918. The van der Waals surface area contributed by atoms with Crippen LogP contribution < -0.4 is 0 Å². The molecule has 2 heteroatoms. The smallest absolute Gasteiger partial charge is 0.0989 e. The summed E-state index contributed by atoms with van der Waals surface area (Å²) in [6.07, 6.45) is 10.3. The fraction of sp³-hybridized carbons (Fsp3) is 0.286. The Morgan fingerprint density at radius 3 is 3.44 bits per heavy atom. The van der Waals surface area contributed by atoms with Crippen molar-refractivity contribution < 1.29 is 0 Å². The maximum Gasteiger partial charge on any atom is 0.0989 e. The zero-order valence-corrected chi connectivity index (χ0v) is 5.12. The number of fused-ring (bicyclic) bond motifs is 1. The third kappa shape index (κ3) is 0.669. The summed E-state index contributed by atoms with van der Waals surface area (Å²) in [5, 5.41) is 0. The Hall–Kier alpha value is -1.05. The quantitative estimate of drug-likeness (QED) is 0.504. The molecule has 0 bridgehead atoms. The van der Waals surface area contributed by atoms with Crippen LogP contribution in [0.1, 0.15) is 12.1 Å². The summed E-state index contributed by atoms with van der Waals surface area (Å²) in [5.41, 5.74) is 1.32. The summed E-state index contributed by atoms with van der Waals surface area (Å²) in [6.45, 7) is 0. The van der Waals surface area contributed by atoms with Crippen LogP contribution in [-0.2, 0) is 6.42 Å². The van der Waals surface area contributed by atoms with Crippen molar-refractivity contribution in [3.05, 3.63) is 24.3 Å². The number of allylic oxidation sites excluding steroid dienone is 1. The molecule has 0 spiro atoms. The summed E-state index contributed by atoms with van der Waals surface area (Å²) < 4.78 is 2.06. The molecule has 0 N–H and O–H groups in total. The molecular weight excluding hydrogens is 112 g/mol. The highest BCUT2D eigenvalue weighted by molar-refractivity contribution is 5.29.